The van der Waals surface area contributed by atoms with Gasteiger partial charge in [-0.2, -0.15) is 0 Å². The summed E-state index contributed by atoms with van der Waals surface area (Å²) >= 11 is 1.48. The van der Waals surface area contributed by atoms with Crippen molar-refractivity contribution < 1.29 is 9.53 Å². The second-order valence-corrected chi connectivity index (χ2v) is 6.35. The molecule has 3 heterocycles. The van der Waals surface area contributed by atoms with Gasteiger partial charge in [0.15, 0.2) is 5.82 Å². The molecule has 0 aromatic carbocycles. The maximum Gasteiger partial charge on any atom is 0.263 e. The van der Waals surface area contributed by atoms with Crippen molar-refractivity contribution >= 4 is 23.1 Å². The number of likely N-dealkylation sites (N-methyl/N-ethyl adjacent to an activating group) is 1. The van der Waals surface area contributed by atoms with Crippen LogP contribution in [0.4, 0.5) is 5.82 Å². The van der Waals surface area contributed by atoms with E-state index in [1.807, 2.05) is 36.4 Å². The van der Waals surface area contributed by atoms with Crippen molar-refractivity contribution in [1.29, 1.82) is 0 Å². The Hall–Kier alpha value is -2.15. The summed E-state index contributed by atoms with van der Waals surface area (Å²) in [5.74, 6) is 1.40. The molecular formula is C16H20N4O2S. The van der Waals surface area contributed by atoms with Crippen molar-refractivity contribution in [3.63, 3.8) is 0 Å². The molecule has 0 bridgehead atoms. The second-order valence-electron chi connectivity index (χ2n) is 5.40. The minimum Gasteiger partial charge on any atom is -0.475 e. The lowest BCUT2D eigenvalue weighted by molar-refractivity contribution is 0.0750. The summed E-state index contributed by atoms with van der Waals surface area (Å²) in [5, 5.41) is 1.93. The zero-order chi connectivity index (χ0) is 16.2. The first-order chi connectivity index (χ1) is 11.2. The molecule has 0 aliphatic carbocycles. The molecular weight excluding hydrogens is 312 g/mol. The van der Waals surface area contributed by atoms with Crippen molar-refractivity contribution in [3.05, 3.63) is 34.8 Å². The van der Waals surface area contributed by atoms with Gasteiger partial charge in [0.2, 0.25) is 0 Å². The normalized spacial score (nSPS) is 17.3. The number of rotatable bonds is 5. The van der Waals surface area contributed by atoms with Crippen molar-refractivity contribution in [1.82, 2.24) is 14.9 Å². The number of aromatic nitrogens is 2. The first-order valence-corrected chi connectivity index (χ1v) is 8.58. The van der Waals surface area contributed by atoms with E-state index in [1.165, 1.54) is 11.3 Å². The van der Waals surface area contributed by atoms with Gasteiger partial charge >= 0.3 is 0 Å². The van der Waals surface area contributed by atoms with E-state index in [-0.39, 0.29) is 11.9 Å². The fourth-order valence-electron chi connectivity index (χ4n) is 2.76. The van der Waals surface area contributed by atoms with Crippen LogP contribution in [0, 0.1) is 0 Å². The molecule has 1 aliphatic heterocycles. The Morgan fingerprint density at radius 2 is 2.30 bits per heavy atom. The first kappa shape index (κ1) is 15.7. The highest BCUT2D eigenvalue weighted by atomic mass is 32.1. The number of hydrogen-bond acceptors (Lipinski definition) is 6. The summed E-state index contributed by atoms with van der Waals surface area (Å²) in [6.45, 7) is 4.07. The van der Waals surface area contributed by atoms with Crippen LogP contribution in [0.5, 0.6) is 5.88 Å². The van der Waals surface area contributed by atoms with Crippen molar-refractivity contribution in [2.75, 3.05) is 31.6 Å². The van der Waals surface area contributed by atoms with E-state index in [0.29, 0.717) is 12.5 Å². The molecule has 1 aliphatic rings. The van der Waals surface area contributed by atoms with Crippen LogP contribution in [0.1, 0.15) is 23.0 Å². The zero-order valence-electron chi connectivity index (χ0n) is 13.3. The Labute approximate surface area is 139 Å². The maximum atomic E-state index is 12.5. The lowest BCUT2D eigenvalue weighted by atomic mass is 10.2. The van der Waals surface area contributed by atoms with Gasteiger partial charge in [0.1, 0.15) is 0 Å². The number of carbonyl (C=O) groups excluding carboxylic acids is 1. The van der Waals surface area contributed by atoms with E-state index < -0.39 is 0 Å². The largest absolute Gasteiger partial charge is 0.475 e. The molecule has 0 unspecified atom stereocenters. The van der Waals surface area contributed by atoms with E-state index in [0.717, 1.165) is 30.2 Å². The van der Waals surface area contributed by atoms with Crippen LogP contribution in [0.3, 0.4) is 0 Å². The number of hydrogen-bond donors (Lipinski definition) is 0. The molecule has 1 amide bonds. The molecule has 1 atom stereocenters. The third-order valence-electron chi connectivity index (χ3n) is 3.99. The van der Waals surface area contributed by atoms with Gasteiger partial charge in [0.05, 0.1) is 17.5 Å². The first-order valence-electron chi connectivity index (χ1n) is 7.70. The van der Waals surface area contributed by atoms with Gasteiger partial charge in [-0.15, -0.1) is 11.3 Å². The molecule has 2 aromatic rings. The summed E-state index contributed by atoms with van der Waals surface area (Å²) in [6, 6.07) is 3.94. The number of nitrogens with zero attached hydrogens (tertiary/aromatic N) is 4. The molecule has 0 N–H and O–H groups in total. The molecule has 0 spiro atoms. The Morgan fingerprint density at radius 1 is 1.48 bits per heavy atom. The Kier molecular flexibility index (Phi) is 4.76. The van der Waals surface area contributed by atoms with Crippen LogP contribution in [-0.4, -0.2) is 53.6 Å². The Morgan fingerprint density at radius 3 is 3.04 bits per heavy atom. The highest BCUT2D eigenvalue weighted by Gasteiger charge is 2.31. The number of thiophene rings is 1. The van der Waals surface area contributed by atoms with E-state index in [1.54, 1.807) is 12.4 Å². The number of ether oxygens (including phenoxy) is 1. The predicted molar refractivity (Wildman–Crippen MR) is 90.2 cm³/mol. The summed E-state index contributed by atoms with van der Waals surface area (Å²) < 4.78 is 5.56. The van der Waals surface area contributed by atoms with Crippen LogP contribution < -0.4 is 9.64 Å². The molecule has 7 heteroatoms. The lowest BCUT2D eigenvalue weighted by Gasteiger charge is -2.25. The van der Waals surface area contributed by atoms with E-state index in [2.05, 4.69) is 14.9 Å². The van der Waals surface area contributed by atoms with Gasteiger partial charge in [-0.3, -0.25) is 4.79 Å². The van der Waals surface area contributed by atoms with Crippen molar-refractivity contribution in [2.24, 2.45) is 0 Å². The standard InChI is InChI=1S/C16H20N4O2S/c1-3-22-15-14(17-7-8-18-15)20-9-6-12(11-20)19(2)16(21)13-5-4-10-23-13/h4-5,7-8,10,12H,3,6,9,11H2,1-2H3/t12-/m1/s1. The van der Waals surface area contributed by atoms with Gasteiger partial charge in [-0.25, -0.2) is 9.97 Å². The Bertz CT molecular complexity index is 662. The lowest BCUT2D eigenvalue weighted by Crippen LogP contribution is -2.38. The van der Waals surface area contributed by atoms with Gasteiger partial charge in [0.25, 0.3) is 11.8 Å². The molecule has 1 fully saturated rings. The molecule has 0 radical (unpaired) electrons. The van der Waals surface area contributed by atoms with Crippen LogP contribution in [0.15, 0.2) is 29.9 Å². The SMILES string of the molecule is CCOc1nccnc1N1CC[C@@H](N(C)C(=O)c2cccs2)C1. The third kappa shape index (κ3) is 3.29. The molecule has 3 rings (SSSR count). The van der Waals surface area contributed by atoms with E-state index in [9.17, 15) is 4.79 Å². The van der Waals surface area contributed by atoms with Gasteiger partial charge < -0.3 is 14.5 Å². The number of carbonyl (C=O) groups is 1. The highest BCUT2D eigenvalue weighted by Crippen LogP contribution is 2.28. The fourth-order valence-corrected chi connectivity index (χ4v) is 3.47. The fraction of sp³-hybridized carbons (Fsp3) is 0.438. The minimum atomic E-state index is 0.0797. The average Bonchev–Trinajstić information content (AvgIpc) is 3.26. The van der Waals surface area contributed by atoms with Crippen molar-refractivity contribution in [2.45, 2.75) is 19.4 Å². The second kappa shape index (κ2) is 6.95. The van der Waals surface area contributed by atoms with Crippen LogP contribution in [-0.2, 0) is 0 Å². The third-order valence-corrected chi connectivity index (χ3v) is 4.85. The minimum absolute atomic E-state index is 0.0797. The predicted octanol–water partition coefficient (Wildman–Crippen LogP) is 2.29. The molecule has 0 saturated carbocycles. The molecule has 23 heavy (non-hydrogen) atoms. The molecule has 6 nitrogen and oxygen atoms in total. The highest BCUT2D eigenvalue weighted by molar-refractivity contribution is 7.12. The monoisotopic (exact) mass is 332 g/mol. The summed E-state index contributed by atoms with van der Waals surface area (Å²) in [6.07, 6.45) is 4.22. The van der Waals surface area contributed by atoms with Crippen LogP contribution in [0.2, 0.25) is 0 Å². The topological polar surface area (TPSA) is 58.6 Å². The summed E-state index contributed by atoms with van der Waals surface area (Å²) in [7, 11) is 1.87. The molecule has 2 aromatic heterocycles. The average molecular weight is 332 g/mol. The molecule has 1 saturated heterocycles. The quantitative estimate of drug-likeness (QED) is 0.841. The van der Waals surface area contributed by atoms with Gasteiger partial charge in [-0.1, -0.05) is 6.07 Å². The van der Waals surface area contributed by atoms with Crippen molar-refractivity contribution in [3.8, 4) is 5.88 Å². The van der Waals surface area contributed by atoms with Crippen LogP contribution in [0.25, 0.3) is 0 Å². The Balaban J connectivity index is 1.70. The van der Waals surface area contributed by atoms with Crippen LogP contribution >= 0.6 is 11.3 Å². The smallest absolute Gasteiger partial charge is 0.263 e. The molecule has 122 valence electrons. The maximum absolute atomic E-state index is 12.5. The zero-order valence-corrected chi connectivity index (χ0v) is 14.1. The van der Waals surface area contributed by atoms with E-state index in [4.69, 9.17) is 4.74 Å². The van der Waals surface area contributed by atoms with E-state index >= 15 is 0 Å². The van der Waals surface area contributed by atoms with Gasteiger partial charge in [-0.05, 0) is 24.8 Å². The number of anilines is 1. The number of amides is 1. The summed E-state index contributed by atoms with van der Waals surface area (Å²) in [4.78, 5) is 25.9. The van der Waals surface area contributed by atoms with Gasteiger partial charge in [0, 0.05) is 32.5 Å². The summed E-state index contributed by atoms with van der Waals surface area (Å²) in [5.41, 5.74) is 0.